The van der Waals surface area contributed by atoms with Gasteiger partial charge in [0.1, 0.15) is 0 Å². The first-order valence-corrected chi connectivity index (χ1v) is 7.26. The van der Waals surface area contributed by atoms with Gasteiger partial charge in [-0.25, -0.2) is 0 Å². The molecule has 1 aliphatic heterocycles. The van der Waals surface area contributed by atoms with Gasteiger partial charge in [0.2, 0.25) is 0 Å². The summed E-state index contributed by atoms with van der Waals surface area (Å²) in [5.74, 6) is 4.93. The zero-order valence-electron chi connectivity index (χ0n) is 10.3. The standard InChI is InChI=1S/C15H20N2/c16-7-11-6-14(17-8-11)15-12-2-9-1-10(4-12)5-13(15)3-9/h9-13,15H,1-6,8H2. The van der Waals surface area contributed by atoms with Crippen LogP contribution in [0.15, 0.2) is 4.99 Å². The molecule has 2 heteroatoms. The first kappa shape index (κ1) is 10.1. The molecule has 1 unspecified atom stereocenters. The fraction of sp³-hybridized carbons (Fsp3) is 0.867. The van der Waals surface area contributed by atoms with Gasteiger partial charge in [0.05, 0.1) is 18.5 Å². The van der Waals surface area contributed by atoms with E-state index in [1.807, 2.05) is 0 Å². The average molecular weight is 228 g/mol. The van der Waals surface area contributed by atoms with Crippen LogP contribution in [0, 0.1) is 46.8 Å². The van der Waals surface area contributed by atoms with Gasteiger partial charge in [0, 0.05) is 18.1 Å². The molecule has 1 atom stereocenters. The van der Waals surface area contributed by atoms with E-state index >= 15 is 0 Å². The van der Waals surface area contributed by atoms with E-state index in [9.17, 15) is 0 Å². The van der Waals surface area contributed by atoms with Crippen molar-refractivity contribution in [1.29, 1.82) is 5.26 Å². The topological polar surface area (TPSA) is 36.1 Å². The molecule has 0 spiro atoms. The summed E-state index contributed by atoms with van der Waals surface area (Å²) < 4.78 is 0. The Kier molecular flexibility index (Phi) is 2.13. The lowest BCUT2D eigenvalue weighted by atomic mass is 9.51. The van der Waals surface area contributed by atoms with E-state index in [0.717, 1.165) is 42.6 Å². The molecule has 90 valence electrons. The summed E-state index contributed by atoms with van der Waals surface area (Å²) in [6, 6.07) is 2.40. The van der Waals surface area contributed by atoms with Crippen LogP contribution in [0.1, 0.15) is 38.5 Å². The zero-order valence-corrected chi connectivity index (χ0v) is 10.3. The van der Waals surface area contributed by atoms with E-state index in [4.69, 9.17) is 10.3 Å². The monoisotopic (exact) mass is 228 g/mol. The summed E-state index contributed by atoms with van der Waals surface area (Å²) in [5.41, 5.74) is 1.44. The molecule has 4 bridgehead atoms. The second-order valence-corrected chi connectivity index (χ2v) is 6.82. The van der Waals surface area contributed by atoms with Crippen LogP contribution < -0.4 is 0 Å². The fourth-order valence-corrected chi connectivity index (χ4v) is 5.41. The van der Waals surface area contributed by atoms with Gasteiger partial charge < -0.3 is 0 Å². The zero-order chi connectivity index (χ0) is 11.4. The maximum absolute atomic E-state index is 9.01. The van der Waals surface area contributed by atoms with E-state index in [0.29, 0.717) is 0 Å². The van der Waals surface area contributed by atoms with Crippen LogP contribution in [0.5, 0.6) is 0 Å². The highest BCUT2D eigenvalue weighted by Crippen LogP contribution is 2.57. The Labute approximate surface area is 103 Å². The third-order valence-electron chi connectivity index (χ3n) is 5.76. The molecule has 0 N–H and O–H groups in total. The number of nitriles is 1. The molecule has 0 radical (unpaired) electrons. The van der Waals surface area contributed by atoms with Crippen LogP contribution in [0.25, 0.3) is 0 Å². The lowest BCUT2D eigenvalue weighted by Crippen LogP contribution is -2.47. The lowest BCUT2D eigenvalue weighted by molar-refractivity contribution is -0.00876. The van der Waals surface area contributed by atoms with Crippen LogP contribution in [0.3, 0.4) is 0 Å². The van der Waals surface area contributed by atoms with Crippen molar-refractivity contribution in [3.8, 4) is 6.07 Å². The van der Waals surface area contributed by atoms with Crippen molar-refractivity contribution >= 4 is 5.71 Å². The Bertz CT molecular complexity index is 376. The maximum Gasteiger partial charge on any atom is 0.0710 e. The van der Waals surface area contributed by atoms with Crippen LogP contribution >= 0.6 is 0 Å². The second kappa shape index (κ2) is 3.57. The summed E-state index contributed by atoms with van der Waals surface area (Å²) >= 11 is 0. The molecule has 0 aromatic carbocycles. The van der Waals surface area contributed by atoms with Gasteiger partial charge in [-0.05, 0) is 55.8 Å². The molecule has 1 heterocycles. The van der Waals surface area contributed by atoms with Crippen molar-refractivity contribution in [3.05, 3.63) is 0 Å². The van der Waals surface area contributed by atoms with E-state index in [1.165, 1.54) is 37.8 Å². The predicted octanol–water partition coefficient (Wildman–Crippen LogP) is 3.04. The minimum atomic E-state index is 0.196. The summed E-state index contributed by atoms with van der Waals surface area (Å²) in [4.78, 5) is 4.73. The second-order valence-electron chi connectivity index (χ2n) is 6.82. The van der Waals surface area contributed by atoms with Gasteiger partial charge in [0.25, 0.3) is 0 Å². The first-order valence-electron chi connectivity index (χ1n) is 7.26. The fourth-order valence-electron chi connectivity index (χ4n) is 5.41. The van der Waals surface area contributed by atoms with E-state index in [-0.39, 0.29) is 5.92 Å². The van der Waals surface area contributed by atoms with Crippen molar-refractivity contribution < 1.29 is 0 Å². The third kappa shape index (κ3) is 1.48. The van der Waals surface area contributed by atoms with Crippen LogP contribution in [0.2, 0.25) is 0 Å². The van der Waals surface area contributed by atoms with Crippen LogP contribution in [-0.2, 0) is 0 Å². The number of aliphatic imine (C=N–C) groups is 1. The Hall–Kier alpha value is -0.840. The Morgan fingerprint density at radius 1 is 1.00 bits per heavy atom. The molecule has 5 aliphatic rings. The smallest absolute Gasteiger partial charge is 0.0710 e. The molecule has 5 rings (SSSR count). The highest BCUT2D eigenvalue weighted by atomic mass is 14.8. The molecule has 0 aromatic rings. The number of nitrogens with zero attached hydrogens (tertiary/aromatic N) is 2. The van der Waals surface area contributed by atoms with Gasteiger partial charge in [-0.15, -0.1) is 0 Å². The Balaban J connectivity index is 1.57. The molecule has 0 saturated heterocycles. The minimum absolute atomic E-state index is 0.196. The van der Waals surface area contributed by atoms with Crippen molar-refractivity contribution in [3.63, 3.8) is 0 Å². The van der Waals surface area contributed by atoms with E-state index in [1.54, 1.807) is 0 Å². The molecular formula is C15H20N2. The third-order valence-corrected chi connectivity index (χ3v) is 5.76. The van der Waals surface area contributed by atoms with Gasteiger partial charge in [-0.3, -0.25) is 4.99 Å². The highest BCUT2D eigenvalue weighted by molar-refractivity contribution is 5.89. The normalized spacial score (nSPS) is 51.4. The predicted molar refractivity (Wildman–Crippen MR) is 66.6 cm³/mol. The van der Waals surface area contributed by atoms with E-state index in [2.05, 4.69) is 6.07 Å². The molecule has 2 nitrogen and oxygen atoms in total. The molecule has 17 heavy (non-hydrogen) atoms. The number of hydrogen-bond acceptors (Lipinski definition) is 2. The summed E-state index contributed by atoms with van der Waals surface area (Å²) in [7, 11) is 0. The summed E-state index contributed by atoms with van der Waals surface area (Å²) in [5, 5.41) is 9.01. The van der Waals surface area contributed by atoms with Crippen molar-refractivity contribution in [2.75, 3.05) is 6.54 Å². The molecule has 4 aliphatic carbocycles. The molecule has 0 amide bonds. The minimum Gasteiger partial charge on any atom is -0.292 e. The Morgan fingerprint density at radius 3 is 2.18 bits per heavy atom. The van der Waals surface area contributed by atoms with Gasteiger partial charge in [-0.2, -0.15) is 5.26 Å². The number of rotatable bonds is 1. The van der Waals surface area contributed by atoms with Crippen LogP contribution in [-0.4, -0.2) is 12.3 Å². The lowest BCUT2D eigenvalue weighted by Gasteiger charge is -2.54. The van der Waals surface area contributed by atoms with Crippen molar-refractivity contribution in [2.24, 2.45) is 40.5 Å². The highest BCUT2D eigenvalue weighted by Gasteiger charge is 2.50. The first-order chi connectivity index (χ1) is 8.33. The Morgan fingerprint density at radius 2 is 1.65 bits per heavy atom. The SMILES string of the molecule is N#CC1CN=C(C2C3CC4CC(C3)CC2C4)C1. The largest absolute Gasteiger partial charge is 0.292 e. The van der Waals surface area contributed by atoms with Crippen molar-refractivity contribution in [2.45, 2.75) is 38.5 Å². The number of hydrogen-bond donors (Lipinski definition) is 0. The molecule has 4 fully saturated rings. The van der Waals surface area contributed by atoms with Gasteiger partial charge >= 0.3 is 0 Å². The van der Waals surface area contributed by atoms with Gasteiger partial charge in [0.15, 0.2) is 0 Å². The maximum atomic E-state index is 9.01. The van der Waals surface area contributed by atoms with Crippen molar-refractivity contribution in [1.82, 2.24) is 0 Å². The summed E-state index contributed by atoms with van der Waals surface area (Å²) in [6.07, 6.45) is 8.38. The molecule has 0 aromatic heterocycles. The quantitative estimate of drug-likeness (QED) is 0.679. The van der Waals surface area contributed by atoms with Gasteiger partial charge in [-0.1, -0.05) is 0 Å². The van der Waals surface area contributed by atoms with Crippen LogP contribution in [0.4, 0.5) is 0 Å². The average Bonchev–Trinajstić information content (AvgIpc) is 2.76. The van der Waals surface area contributed by atoms with E-state index < -0.39 is 0 Å². The molecular weight excluding hydrogens is 208 g/mol. The molecule has 4 saturated carbocycles. The summed E-state index contributed by atoms with van der Waals surface area (Å²) in [6.45, 7) is 0.786.